The van der Waals surface area contributed by atoms with E-state index in [-0.39, 0.29) is 11.5 Å². The van der Waals surface area contributed by atoms with E-state index in [1.165, 1.54) is 5.56 Å². The van der Waals surface area contributed by atoms with Crippen molar-refractivity contribution in [2.24, 2.45) is 0 Å². The van der Waals surface area contributed by atoms with Crippen molar-refractivity contribution in [2.45, 2.75) is 59.0 Å². The number of ether oxygens (including phenoxy) is 1. The highest BCUT2D eigenvalue weighted by molar-refractivity contribution is 6.34. The lowest BCUT2D eigenvalue weighted by molar-refractivity contribution is 0.106. The summed E-state index contributed by atoms with van der Waals surface area (Å²) in [6, 6.07) is 7.92. The second kappa shape index (κ2) is 7.39. The smallest absolute Gasteiger partial charge is 0.413 e. The van der Waals surface area contributed by atoms with Crippen LogP contribution in [0.15, 0.2) is 24.3 Å². The number of halogens is 1. The predicted octanol–water partition coefficient (Wildman–Crippen LogP) is 5.92. The molecule has 0 fully saturated rings. The van der Waals surface area contributed by atoms with Gasteiger partial charge in [-0.25, -0.2) is 9.78 Å². The van der Waals surface area contributed by atoms with Crippen molar-refractivity contribution in [1.29, 1.82) is 0 Å². The normalized spacial score (nSPS) is 11.8. The van der Waals surface area contributed by atoms with Crippen LogP contribution >= 0.6 is 11.6 Å². The molecule has 5 heteroatoms. The lowest BCUT2D eigenvalue weighted by atomic mass is 9.86. The third-order valence-electron chi connectivity index (χ3n) is 4.04. The fraction of sp³-hybridized carbons (Fsp3) is 0.474. The molecular formula is C19H25ClN2O2. The van der Waals surface area contributed by atoms with E-state index in [4.69, 9.17) is 16.3 Å². The number of amides is 1. The molecule has 1 aromatic carbocycles. The van der Waals surface area contributed by atoms with Gasteiger partial charge in [0.2, 0.25) is 0 Å². The second-order valence-electron chi connectivity index (χ2n) is 6.95. The molecule has 24 heavy (non-hydrogen) atoms. The number of benzene rings is 1. The van der Waals surface area contributed by atoms with Crippen LogP contribution < -0.4 is 5.32 Å². The van der Waals surface area contributed by atoms with Crippen LogP contribution in [0.1, 0.15) is 53.0 Å². The van der Waals surface area contributed by atoms with E-state index in [1.807, 2.05) is 32.0 Å². The summed E-state index contributed by atoms with van der Waals surface area (Å²) in [6.07, 6.45) is 0.927. The molecule has 1 aromatic heterocycles. The molecule has 1 amide bonds. The fourth-order valence-electron chi connectivity index (χ4n) is 2.43. The third-order valence-corrected chi connectivity index (χ3v) is 4.33. The standard InChI is InChI=1S/C19H25ClN2O2/c1-6-14(7-2)24-18(23)22-17-15(20)10-12-8-9-13(19(3,4)5)11-16(12)21-17/h8-11,14H,6-7H2,1-5H3,(H,21,22,23). The van der Waals surface area contributed by atoms with Crippen LogP contribution in [0.5, 0.6) is 0 Å². The predicted molar refractivity (Wildman–Crippen MR) is 99.9 cm³/mol. The molecule has 1 N–H and O–H groups in total. The highest BCUT2D eigenvalue weighted by Gasteiger charge is 2.16. The minimum atomic E-state index is -0.524. The summed E-state index contributed by atoms with van der Waals surface area (Å²) < 4.78 is 5.35. The van der Waals surface area contributed by atoms with Gasteiger partial charge in [0, 0.05) is 5.39 Å². The van der Waals surface area contributed by atoms with Gasteiger partial charge in [0.1, 0.15) is 6.10 Å². The summed E-state index contributed by atoms with van der Waals surface area (Å²) in [4.78, 5) is 16.5. The number of fused-ring (bicyclic) bond motifs is 1. The highest BCUT2D eigenvalue weighted by Crippen LogP contribution is 2.29. The lowest BCUT2D eigenvalue weighted by Gasteiger charge is -2.19. The Balaban J connectivity index is 2.30. The van der Waals surface area contributed by atoms with Gasteiger partial charge in [-0.1, -0.05) is 58.4 Å². The fourth-order valence-corrected chi connectivity index (χ4v) is 2.64. The van der Waals surface area contributed by atoms with Gasteiger partial charge in [-0.05, 0) is 36.0 Å². The van der Waals surface area contributed by atoms with Crippen molar-refractivity contribution in [2.75, 3.05) is 5.32 Å². The maximum absolute atomic E-state index is 12.0. The summed E-state index contributed by atoms with van der Waals surface area (Å²) in [6.45, 7) is 10.4. The van der Waals surface area contributed by atoms with E-state index in [2.05, 4.69) is 37.1 Å². The van der Waals surface area contributed by atoms with Crippen LogP contribution in [0.2, 0.25) is 5.02 Å². The molecule has 0 radical (unpaired) electrons. The molecule has 0 aliphatic heterocycles. The zero-order chi connectivity index (χ0) is 17.9. The van der Waals surface area contributed by atoms with Crippen molar-refractivity contribution in [3.63, 3.8) is 0 Å². The first-order valence-electron chi connectivity index (χ1n) is 8.33. The number of nitrogens with one attached hydrogen (secondary N) is 1. The average molecular weight is 349 g/mol. The molecule has 0 aliphatic rings. The van der Waals surface area contributed by atoms with E-state index >= 15 is 0 Å². The van der Waals surface area contributed by atoms with Crippen molar-refractivity contribution < 1.29 is 9.53 Å². The summed E-state index contributed by atoms with van der Waals surface area (Å²) in [5, 5.41) is 3.99. The average Bonchev–Trinajstić information content (AvgIpc) is 2.52. The number of aromatic nitrogens is 1. The largest absolute Gasteiger partial charge is 0.446 e. The van der Waals surface area contributed by atoms with Crippen molar-refractivity contribution >= 4 is 34.4 Å². The van der Waals surface area contributed by atoms with Crippen LogP contribution in [0.3, 0.4) is 0 Å². The van der Waals surface area contributed by atoms with Gasteiger partial charge >= 0.3 is 6.09 Å². The number of hydrogen-bond acceptors (Lipinski definition) is 3. The van der Waals surface area contributed by atoms with Crippen LogP contribution in [0.4, 0.5) is 10.6 Å². The van der Waals surface area contributed by atoms with Crippen LogP contribution in [-0.4, -0.2) is 17.2 Å². The zero-order valence-corrected chi connectivity index (χ0v) is 15.7. The lowest BCUT2D eigenvalue weighted by Crippen LogP contribution is -2.22. The van der Waals surface area contributed by atoms with E-state index in [0.717, 1.165) is 23.7 Å². The van der Waals surface area contributed by atoms with Crippen molar-refractivity contribution in [3.8, 4) is 0 Å². The molecule has 0 aliphatic carbocycles. The Morgan fingerprint density at radius 1 is 1.25 bits per heavy atom. The monoisotopic (exact) mass is 348 g/mol. The molecule has 4 nitrogen and oxygen atoms in total. The van der Waals surface area contributed by atoms with Crippen molar-refractivity contribution in [3.05, 3.63) is 34.9 Å². The van der Waals surface area contributed by atoms with Crippen LogP contribution in [0.25, 0.3) is 10.9 Å². The molecule has 0 spiro atoms. The molecule has 1 heterocycles. The Hall–Kier alpha value is -1.81. The minimum Gasteiger partial charge on any atom is -0.446 e. The highest BCUT2D eigenvalue weighted by atomic mass is 35.5. The number of rotatable bonds is 4. The Kier molecular flexibility index (Phi) is 5.70. The van der Waals surface area contributed by atoms with Gasteiger partial charge in [0.25, 0.3) is 0 Å². The molecule has 0 unspecified atom stereocenters. The number of anilines is 1. The Morgan fingerprint density at radius 2 is 1.92 bits per heavy atom. The summed E-state index contributed by atoms with van der Waals surface area (Å²) in [5.41, 5.74) is 2.00. The summed E-state index contributed by atoms with van der Waals surface area (Å²) in [5.74, 6) is 0.325. The number of hydrogen-bond donors (Lipinski definition) is 1. The van der Waals surface area contributed by atoms with Crippen molar-refractivity contribution in [1.82, 2.24) is 4.98 Å². The number of pyridine rings is 1. The minimum absolute atomic E-state index is 0.0253. The maximum Gasteiger partial charge on any atom is 0.413 e. The van der Waals surface area contributed by atoms with E-state index in [9.17, 15) is 4.79 Å². The quantitative estimate of drug-likeness (QED) is 0.745. The van der Waals surface area contributed by atoms with Crippen LogP contribution in [-0.2, 0) is 10.2 Å². The number of carbonyl (C=O) groups excluding carboxylic acids is 1. The molecule has 0 saturated heterocycles. The van der Waals surface area contributed by atoms with Gasteiger partial charge in [0.15, 0.2) is 5.82 Å². The SMILES string of the molecule is CCC(CC)OC(=O)Nc1nc2cc(C(C)(C)C)ccc2cc1Cl. The third kappa shape index (κ3) is 4.38. The van der Waals surface area contributed by atoms with E-state index < -0.39 is 6.09 Å². The van der Waals surface area contributed by atoms with Gasteiger partial charge in [-0.15, -0.1) is 0 Å². The second-order valence-corrected chi connectivity index (χ2v) is 7.35. The van der Waals surface area contributed by atoms with Crippen LogP contribution in [0, 0.1) is 0 Å². The zero-order valence-electron chi connectivity index (χ0n) is 14.9. The first-order chi connectivity index (χ1) is 11.2. The topological polar surface area (TPSA) is 51.2 Å². The van der Waals surface area contributed by atoms with Gasteiger partial charge in [-0.2, -0.15) is 0 Å². The molecule has 130 valence electrons. The Labute approximate surface area is 148 Å². The van der Waals surface area contributed by atoms with E-state index in [1.54, 1.807) is 0 Å². The molecule has 0 bridgehead atoms. The summed E-state index contributed by atoms with van der Waals surface area (Å²) in [7, 11) is 0. The molecule has 2 aromatic rings. The molecule has 0 atom stereocenters. The summed E-state index contributed by atoms with van der Waals surface area (Å²) >= 11 is 6.25. The molecular weight excluding hydrogens is 324 g/mol. The van der Waals surface area contributed by atoms with Gasteiger partial charge < -0.3 is 4.74 Å². The maximum atomic E-state index is 12.0. The first kappa shape index (κ1) is 18.5. The number of carbonyl (C=O) groups is 1. The molecule has 2 rings (SSSR count). The number of nitrogens with zero attached hydrogens (tertiary/aromatic N) is 1. The Bertz CT molecular complexity index is 734. The molecule has 0 saturated carbocycles. The van der Waals surface area contributed by atoms with Gasteiger partial charge in [-0.3, -0.25) is 5.32 Å². The van der Waals surface area contributed by atoms with Gasteiger partial charge in [0.05, 0.1) is 10.5 Å². The first-order valence-corrected chi connectivity index (χ1v) is 8.70. The Morgan fingerprint density at radius 3 is 2.50 bits per heavy atom. The van der Waals surface area contributed by atoms with E-state index in [0.29, 0.717) is 10.8 Å².